The highest BCUT2D eigenvalue weighted by molar-refractivity contribution is 7.92. The number of sulfone groups is 1. The Morgan fingerprint density at radius 1 is 1.47 bits per heavy atom. The molecule has 0 spiro atoms. The predicted molar refractivity (Wildman–Crippen MR) is 60.6 cm³/mol. The van der Waals surface area contributed by atoms with Gasteiger partial charge in [-0.25, -0.2) is 8.42 Å². The highest BCUT2D eigenvalue weighted by Gasteiger charge is 2.40. The van der Waals surface area contributed by atoms with Crippen molar-refractivity contribution in [1.29, 1.82) is 0 Å². The lowest BCUT2D eigenvalue weighted by Crippen LogP contribution is -2.54. The molecule has 1 unspecified atom stereocenters. The number of aliphatic hydroxyl groups is 1. The van der Waals surface area contributed by atoms with Gasteiger partial charge in [0.15, 0.2) is 9.84 Å². The third-order valence-corrected chi connectivity index (χ3v) is 5.60. The van der Waals surface area contributed by atoms with Crippen molar-refractivity contribution < 1.29 is 13.5 Å². The summed E-state index contributed by atoms with van der Waals surface area (Å²) in [7, 11) is -2.96. The molecule has 1 fully saturated rings. The van der Waals surface area contributed by atoms with Gasteiger partial charge in [-0.05, 0) is 20.3 Å². The number of rotatable bonds is 3. The van der Waals surface area contributed by atoms with Gasteiger partial charge in [0.2, 0.25) is 0 Å². The fourth-order valence-corrected chi connectivity index (χ4v) is 3.25. The summed E-state index contributed by atoms with van der Waals surface area (Å²) in [5, 5.41) is 9.52. The van der Waals surface area contributed by atoms with E-state index < -0.39 is 14.6 Å². The van der Waals surface area contributed by atoms with E-state index >= 15 is 0 Å². The molecule has 0 aliphatic carbocycles. The van der Waals surface area contributed by atoms with Crippen LogP contribution in [0.15, 0.2) is 0 Å². The van der Waals surface area contributed by atoms with Crippen molar-refractivity contribution in [3.8, 4) is 0 Å². The lowest BCUT2D eigenvalue weighted by molar-refractivity contribution is 0.105. The molecule has 4 nitrogen and oxygen atoms in total. The van der Waals surface area contributed by atoms with Gasteiger partial charge >= 0.3 is 0 Å². The molecule has 0 aromatic rings. The molecule has 0 aromatic heterocycles. The summed E-state index contributed by atoms with van der Waals surface area (Å²) in [4.78, 5) is 2.04. The molecule has 0 bridgehead atoms. The van der Waals surface area contributed by atoms with Crippen LogP contribution in [0, 0.1) is 0 Å². The van der Waals surface area contributed by atoms with Crippen LogP contribution >= 0.6 is 0 Å². The molecule has 15 heavy (non-hydrogen) atoms. The van der Waals surface area contributed by atoms with E-state index in [2.05, 4.69) is 0 Å². The van der Waals surface area contributed by atoms with E-state index in [1.807, 2.05) is 11.8 Å². The first kappa shape index (κ1) is 12.9. The van der Waals surface area contributed by atoms with Crippen LogP contribution < -0.4 is 0 Å². The standard InChI is InChI=1S/C10H21NO3S/c1-4-9(12)7-11-5-6-15(13,14)10(2,3)8-11/h9,12H,4-8H2,1-3H3. The minimum absolute atomic E-state index is 0.205. The average Bonchev–Trinajstić information content (AvgIpc) is 2.11. The maximum absolute atomic E-state index is 11.7. The summed E-state index contributed by atoms with van der Waals surface area (Å²) in [5.74, 6) is 0.205. The van der Waals surface area contributed by atoms with Crippen molar-refractivity contribution in [2.75, 3.05) is 25.4 Å². The van der Waals surface area contributed by atoms with Crippen molar-refractivity contribution in [3.63, 3.8) is 0 Å². The molecule has 1 aliphatic heterocycles. The molecule has 1 heterocycles. The number of hydrogen-bond acceptors (Lipinski definition) is 4. The molecule has 0 radical (unpaired) electrons. The zero-order valence-electron chi connectivity index (χ0n) is 9.73. The first-order valence-corrected chi connectivity index (χ1v) is 7.06. The molecule has 90 valence electrons. The molecule has 1 atom stereocenters. The predicted octanol–water partition coefficient (Wildman–Crippen LogP) is 0.266. The average molecular weight is 235 g/mol. The maximum Gasteiger partial charge on any atom is 0.157 e. The normalized spacial score (nSPS) is 27.5. The summed E-state index contributed by atoms with van der Waals surface area (Å²) in [6, 6.07) is 0. The summed E-state index contributed by atoms with van der Waals surface area (Å²) in [6.45, 7) is 7.08. The molecular weight excluding hydrogens is 214 g/mol. The Kier molecular flexibility index (Phi) is 3.79. The second kappa shape index (κ2) is 4.39. The van der Waals surface area contributed by atoms with Gasteiger partial charge < -0.3 is 5.11 Å². The highest BCUT2D eigenvalue weighted by atomic mass is 32.2. The summed E-state index contributed by atoms with van der Waals surface area (Å²) >= 11 is 0. The monoisotopic (exact) mass is 235 g/mol. The van der Waals surface area contributed by atoms with E-state index in [0.29, 0.717) is 26.1 Å². The minimum atomic E-state index is -2.96. The Bertz CT molecular complexity index is 311. The first-order chi connectivity index (χ1) is 6.78. The van der Waals surface area contributed by atoms with Crippen LogP contribution in [-0.4, -0.2) is 54.7 Å². The molecular formula is C10H21NO3S. The minimum Gasteiger partial charge on any atom is -0.392 e. The zero-order chi connectivity index (χ0) is 11.7. The van der Waals surface area contributed by atoms with Crippen molar-refractivity contribution >= 4 is 9.84 Å². The van der Waals surface area contributed by atoms with E-state index in [1.165, 1.54) is 0 Å². The third-order valence-electron chi connectivity index (χ3n) is 3.06. The Hall–Kier alpha value is -0.130. The SMILES string of the molecule is CCC(O)CN1CCS(=O)(=O)C(C)(C)C1. The highest BCUT2D eigenvalue weighted by Crippen LogP contribution is 2.23. The summed E-state index contributed by atoms with van der Waals surface area (Å²) in [5.41, 5.74) is 0. The number of β-amino-alcohol motifs (C(OH)–C–C–N with tert-alkyl or cyclic N) is 1. The van der Waals surface area contributed by atoms with Crippen molar-refractivity contribution in [1.82, 2.24) is 4.90 Å². The van der Waals surface area contributed by atoms with Crippen LogP contribution in [0.25, 0.3) is 0 Å². The van der Waals surface area contributed by atoms with Gasteiger partial charge in [0, 0.05) is 19.6 Å². The molecule has 1 aliphatic rings. The molecule has 0 saturated carbocycles. The largest absolute Gasteiger partial charge is 0.392 e. The van der Waals surface area contributed by atoms with Crippen LogP contribution in [0.1, 0.15) is 27.2 Å². The Morgan fingerprint density at radius 3 is 2.53 bits per heavy atom. The van der Waals surface area contributed by atoms with Gasteiger partial charge in [-0.15, -0.1) is 0 Å². The smallest absolute Gasteiger partial charge is 0.157 e. The molecule has 0 amide bonds. The van der Waals surface area contributed by atoms with Crippen molar-refractivity contribution in [2.24, 2.45) is 0 Å². The fourth-order valence-electron chi connectivity index (χ4n) is 1.82. The second-order valence-electron chi connectivity index (χ2n) is 4.88. The fraction of sp³-hybridized carbons (Fsp3) is 1.00. The van der Waals surface area contributed by atoms with Crippen LogP contribution in [0.3, 0.4) is 0 Å². The zero-order valence-corrected chi connectivity index (χ0v) is 10.5. The van der Waals surface area contributed by atoms with Gasteiger partial charge in [-0.2, -0.15) is 0 Å². The summed E-state index contributed by atoms with van der Waals surface area (Å²) < 4.78 is 22.7. The van der Waals surface area contributed by atoms with Crippen LogP contribution in [0.5, 0.6) is 0 Å². The number of aliphatic hydroxyl groups excluding tert-OH is 1. The van der Waals surface area contributed by atoms with E-state index in [4.69, 9.17) is 0 Å². The maximum atomic E-state index is 11.7. The van der Waals surface area contributed by atoms with Crippen LogP contribution in [0.4, 0.5) is 0 Å². The number of hydrogen-bond donors (Lipinski definition) is 1. The lowest BCUT2D eigenvalue weighted by atomic mass is 10.1. The van der Waals surface area contributed by atoms with Gasteiger partial charge in [-0.1, -0.05) is 6.92 Å². The molecule has 1 N–H and O–H groups in total. The van der Waals surface area contributed by atoms with Crippen molar-refractivity contribution in [2.45, 2.75) is 38.0 Å². The van der Waals surface area contributed by atoms with Gasteiger partial charge in [0.25, 0.3) is 0 Å². The molecule has 5 heteroatoms. The molecule has 1 saturated heterocycles. The van der Waals surface area contributed by atoms with Crippen molar-refractivity contribution in [3.05, 3.63) is 0 Å². The van der Waals surface area contributed by atoms with E-state index in [1.54, 1.807) is 13.8 Å². The first-order valence-electron chi connectivity index (χ1n) is 5.41. The van der Waals surface area contributed by atoms with Crippen LogP contribution in [0.2, 0.25) is 0 Å². The Labute approximate surface area is 92.2 Å². The van der Waals surface area contributed by atoms with E-state index in [9.17, 15) is 13.5 Å². The Morgan fingerprint density at radius 2 is 2.07 bits per heavy atom. The summed E-state index contributed by atoms with van der Waals surface area (Å²) in [6.07, 6.45) is 0.366. The number of nitrogens with zero attached hydrogens (tertiary/aromatic N) is 1. The topological polar surface area (TPSA) is 57.6 Å². The van der Waals surface area contributed by atoms with Gasteiger partial charge in [0.05, 0.1) is 16.6 Å². The molecule has 1 rings (SSSR count). The third kappa shape index (κ3) is 2.92. The van der Waals surface area contributed by atoms with Gasteiger partial charge in [-0.3, -0.25) is 4.90 Å². The van der Waals surface area contributed by atoms with Crippen LogP contribution in [-0.2, 0) is 9.84 Å². The van der Waals surface area contributed by atoms with E-state index in [0.717, 1.165) is 0 Å². The van der Waals surface area contributed by atoms with E-state index in [-0.39, 0.29) is 11.9 Å². The Balaban J connectivity index is 2.63. The van der Waals surface area contributed by atoms with Gasteiger partial charge in [0.1, 0.15) is 0 Å². The lowest BCUT2D eigenvalue weighted by Gasteiger charge is -2.38. The quantitative estimate of drug-likeness (QED) is 0.762. The second-order valence-corrected chi connectivity index (χ2v) is 7.62. The molecule has 0 aromatic carbocycles.